The van der Waals surface area contributed by atoms with Crippen molar-refractivity contribution in [2.24, 2.45) is 0 Å². The van der Waals surface area contributed by atoms with Gasteiger partial charge >= 0.3 is 0 Å². The number of terminal acetylenes is 1. The summed E-state index contributed by atoms with van der Waals surface area (Å²) in [6, 6.07) is 14.8. The zero-order chi connectivity index (χ0) is 10.5. The van der Waals surface area contributed by atoms with E-state index in [0.29, 0.717) is 0 Å². The quantitative estimate of drug-likeness (QED) is 0.421. The molecule has 0 aliphatic heterocycles. The van der Waals surface area contributed by atoms with Gasteiger partial charge in [-0.25, -0.2) is 0 Å². The minimum Gasteiger partial charge on any atom is -0.125 e. The fourth-order valence-corrected chi connectivity index (χ4v) is 2.50. The molecule has 15 heavy (non-hydrogen) atoms. The van der Waals surface area contributed by atoms with Gasteiger partial charge in [-0.1, -0.05) is 36.4 Å². The normalized spacial score (nSPS) is 10.1. The van der Waals surface area contributed by atoms with Crippen molar-refractivity contribution in [3.63, 3.8) is 0 Å². The van der Waals surface area contributed by atoms with Gasteiger partial charge in [-0.05, 0) is 16.8 Å². The number of rotatable bonds is 3. The van der Waals surface area contributed by atoms with Crippen molar-refractivity contribution in [3.05, 3.63) is 42.5 Å². The highest BCUT2D eigenvalue weighted by atomic mass is 32.2. The topological polar surface area (TPSA) is 0 Å². The number of hydrogen-bond donors (Lipinski definition) is 0. The molecule has 0 heterocycles. The van der Waals surface area contributed by atoms with Crippen LogP contribution in [0.3, 0.4) is 0 Å². The van der Waals surface area contributed by atoms with Gasteiger partial charge in [0.1, 0.15) is 0 Å². The molecule has 0 saturated carbocycles. The standard InChI is InChI=1S/C14H12S/c1-2-3-11-15-14-10-6-8-12-7-4-5-9-13(12)14/h1,4-10H,3,11H2. The fraction of sp³-hybridized carbons (Fsp3) is 0.143. The van der Waals surface area contributed by atoms with Gasteiger partial charge in [-0.3, -0.25) is 0 Å². The van der Waals surface area contributed by atoms with Crippen LogP contribution in [0.4, 0.5) is 0 Å². The Hall–Kier alpha value is -1.39. The number of benzene rings is 2. The first kappa shape index (κ1) is 10.1. The lowest BCUT2D eigenvalue weighted by molar-refractivity contribution is 1.30. The van der Waals surface area contributed by atoms with Crippen molar-refractivity contribution >= 4 is 22.5 Å². The van der Waals surface area contributed by atoms with Gasteiger partial charge < -0.3 is 0 Å². The molecular weight excluding hydrogens is 200 g/mol. The zero-order valence-corrected chi connectivity index (χ0v) is 9.26. The molecule has 0 radical (unpaired) electrons. The second-order valence-electron chi connectivity index (χ2n) is 3.28. The monoisotopic (exact) mass is 212 g/mol. The van der Waals surface area contributed by atoms with E-state index in [-0.39, 0.29) is 0 Å². The molecule has 0 aliphatic rings. The van der Waals surface area contributed by atoms with Gasteiger partial charge in [-0.15, -0.1) is 24.1 Å². The summed E-state index contributed by atoms with van der Waals surface area (Å²) in [5.74, 6) is 3.66. The highest BCUT2D eigenvalue weighted by molar-refractivity contribution is 7.99. The highest BCUT2D eigenvalue weighted by Crippen LogP contribution is 2.27. The lowest BCUT2D eigenvalue weighted by Crippen LogP contribution is -1.80. The molecule has 0 amide bonds. The Balaban J connectivity index is 2.31. The molecule has 0 N–H and O–H groups in total. The summed E-state index contributed by atoms with van der Waals surface area (Å²) >= 11 is 1.83. The maximum absolute atomic E-state index is 5.24. The Morgan fingerprint density at radius 1 is 1.07 bits per heavy atom. The zero-order valence-electron chi connectivity index (χ0n) is 8.44. The molecule has 1 heteroatoms. The third-order valence-corrected chi connectivity index (χ3v) is 3.33. The van der Waals surface area contributed by atoms with E-state index in [4.69, 9.17) is 6.42 Å². The Labute approximate surface area is 94.7 Å². The van der Waals surface area contributed by atoms with E-state index >= 15 is 0 Å². The number of hydrogen-bond acceptors (Lipinski definition) is 1. The molecule has 74 valence electrons. The van der Waals surface area contributed by atoms with Crippen molar-refractivity contribution < 1.29 is 0 Å². The molecule has 0 saturated heterocycles. The van der Waals surface area contributed by atoms with Gasteiger partial charge in [0.15, 0.2) is 0 Å². The van der Waals surface area contributed by atoms with E-state index in [2.05, 4.69) is 48.4 Å². The van der Waals surface area contributed by atoms with E-state index in [1.165, 1.54) is 15.7 Å². The second kappa shape index (κ2) is 4.91. The summed E-state index contributed by atoms with van der Waals surface area (Å²) in [5, 5.41) is 2.62. The largest absolute Gasteiger partial charge is 0.125 e. The third kappa shape index (κ3) is 2.34. The lowest BCUT2D eigenvalue weighted by atomic mass is 10.1. The van der Waals surface area contributed by atoms with Crippen LogP contribution >= 0.6 is 11.8 Å². The summed E-state index contributed by atoms with van der Waals surface area (Å²) in [6.45, 7) is 0. The smallest absolute Gasteiger partial charge is 0.0180 e. The highest BCUT2D eigenvalue weighted by Gasteiger charge is 1.99. The predicted molar refractivity (Wildman–Crippen MR) is 68.1 cm³/mol. The van der Waals surface area contributed by atoms with Crippen molar-refractivity contribution in [2.75, 3.05) is 5.75 Å². The molecule has 0 bridgehead atoms. The van der Waals surface area contributed by atoms with Crippen LogP contribution in [0.25, 0.3) is 10.8 Å². The van der Waals surface area contributed by atoms with Crippen LogP contribution in [0, 0.1) is 12.3 Å². The van der Waals surface area contributed by atoms with Gasteiger partial charge in [0.2, 0.25) is 0 Å². The molecule has 0 fully saturated rings. The van der Waals surface area contributed by atoms with E-state index in [1.54, 1.807) is 0 Å². The summed E-state index contributed by atoms with van der Waals surface area (Å²) < 4.78 is 0. The van der Waals surface area contributed by atoms with E-state index < -0.39 is 0 Å². The molecular formula is C14H12S. The van der Waals surface area contributed by atoms with E-state index in [1.807, 2.05) is 11.8 Å². The first-order chi connectivity index (χ1) is 7.42. The molecule has 0 spiro atoms. The lowest BCUT2D eigenvalue weighted by Gasteiger charge is -2.04. The minimum atomic E-state index is 0.827. The molecule has 2 aromatic rings. The number of fused-ring (bicyclic) bond motifs is 1. The minimum absolute atomic E-state index is 0.827. The van der Waals surface area contributed by atoms with Crippen LogP contribution in [0.5, 0.6) is 0 Å². The average Bonchev–Trinajstić information content (AvgIpc) is 2.30. The molecule has 0 nitrogen and oxygen atoms in total. The van der Waals surface area contributed by atoms with E-state index in [0.717, 1.165) is 12.2 Å². The van der Waals surface area contributed by atoms with Crippen molar-refractivity contribution in [3.8, 4) is 12.3 Å². The molecule has 0 aromatic heterocycles. The maximum Gasteiger partial charge on any atom is 0.0180 e. The van der Waals surface area contributed by atoms with Crippen LogP contribution in [0.1, 0.15) is 6.42 Å². The van der Waals surface area contributed by atoms with Crippen LogP contribution in [-0.2, 0) is 0 Å². The molecule has 2 rings (SSSR count). The van der Waals surface area contributed by atoms with Crippen molar-refractivity contribution in [1.29, 1.82) is 0 Å². The van der Waals surface area contributed by atoms with Crippen LogP contribution < -0.4 is 0 Å². The Bertz CT molecular complexity index is 489. The van der Waals surface area contributed by atoms with Gasteiger partial charge in [-0.2, -0.15) is 0 Å². The Morgan fingerprint density at radius 3 is 2.73 bits per heavy atom. The number of thioether (sulfide) groups is 1. The van der Waals surface area contributed by atoms with Gasteiger partial charge in [0, 0.05) is 17.1 Å². The van der Waals surface area contributed by atoms with Crippen molar-refractivity contribution in [1.82, 2.24) is 0 Å². The van der Waals surface area contributed by atoms with Gasteiger partial charge in [0.25, 0.3) is 0 Å². The van der Waals surface area contributed by atoms with Crippen molar-refractivity contribution in [2.45, 2.75) is 11.3 Å². The average molecular weight is 212 g/mol. The maximum atomic E-state index is 5.24. The summed E-state index contributed by atoms with van der Waals surface area (Å²) in [5.41, 5.74) is 0. The van der Waals surface area contributed by atoms with Crippen LogP contribution in [0.15, 0.2) is 47.4 Å². The molecule has 2 aromatic carbocycles. The first-order valence-corrected chi connectivity index (χ1v) is 5.94. The molecule has 0 unspecified atom stereocenters. The van der Waals surface area contributed by atoms with E-state index in [9.17, 15) is 0 Å². The Morgan fingerprint density at radius 2 is 1.87 bits per heavy atom. The van der Waals surface area contributed by atoms with Crippen LogP contribution in [-0.4, -0.2) is 5.75 Å². The predicted octanol–water partition coefficient (Wildman–Crippen LogP) is 3.96. The summed E-state index contributed by atoms with van der Waals surface area (Å²) in [6.07, 6.45) is 6.07. The van der Waals surface area contributed by atoms with Gasteiger partial charge in [0.05, 0.1) is 0 Å². The first-order valence-electron chi connectivity index (χ1n) is 4.96. The second-order valence-corrected chi connectivity index (χ2v) is 4.42. The summed E-state index contributed by atoms with van der Waals surface area (Å²) in [4.78, 5) is 1.32. The Kier molecular flexibility index (Phi) is 3.32. The van der Waals surface area contributed by atoms with Crippen LogP contribution in [0.2, 0.25) is 0 Å². The summed E-state index contributed by atoms with van der Waals surface area (Å²) in [7, 11) is 0. The fourth-order valence-electron chi connectivity index (χ4n) is 1.54. The molecule has 0 atom stereocenters. The third-order valence-electron chi connectivity index (χ3n) is 2.25. The molecule has 0 aliphatic carbocycles. The SMILES string of the molecule is C#CCCSc1cccc2ccccc12.